The van der Waals surface area contributed by atoms with Gasteiger partial charge in [0.2, 0.25) is 6.17 Å². The van der Waals surface area contributed by atoms with Crippen LogP contribution in [-0.2, 0) is 9.53 Å². The summed E-state index contributed by atoms with van der Waals surface area (Å²) >= 11 is 0. The van der Waals surface area contributed by atoms with Crippen LogP contribution in [0.5, 0.6) is 0 Å². The van der Waals surface area contributed by atoms with Gasteiger partial charge in [-0.25, -0.2) is 4.79 Å². The first-order valence-corrected chi connectivity index (χ1v) is 4.02. The third kappa shape index (κ3) is 4.44. The molecule has 0 aliphatic carbocycles. The summed E-state index contributed by atoms with van der Waals surface area (Å²) in [6.07, 6.45) is -1.80. The Kier molecular flexibility index (Phi) is 5.28. The molecule has 0 rings (SSSR count). The van der Waals surface area contributed by atoms with Crippen molar-refractivity contribution in [3.63, 3.8) is 0 Å². The van der Waals surface area contributed by atoms with E-state index >= 15 is 0 Å². The molecular weight excluding hydrogens is 188 g/mol. The Balaban J connectivity index is 4.02. The maximum atomic E-state index is 11.0. The Morgan fingerprint density at radius 1 is 1.43 bits per heavy atom. The highest BCUT2D eigenvalue weighted by Crippen LogP contribution is 2.08. The molecule has 0 bridgehead atoms. The SMILES string of the molecule is C=C(C)C(=O)OC(C)CC(N=O)N=O. The van der Waals surface area contributed by atoms with Gasteiger partial charge in [-0.3, -0.25) is 0 Å². The van der Waals surface area contributed by atoms with Gasteiger partial charge >= 0.3 is 5.97 Å². The van der Waals surface area contributed by atoms with E-state index in [-0.39, 0.29) is 12.0 Å². The van der Waals surface area contributed by atoms with E-state index in [0.717, 1.165) is 0 Å². The van der Waals surface area contributed by atoms with Crippen molar-refractivity contribution in [2.75, 3.05) is 0 Å². The molecule has 0 fully saturated rings. The minimum absolute atomic E-state index is 0.00792. The standard InChI is InChI=1S/C8H12N2O4/c1-5(2)8(11)14-6(3)4-7(9-12)10-13/h6-7H,1,4H2,2-3H3. The normalized spacial score (nSPS) is 11.9. The summed E-state index contributed by atoms with van der Waals surface area (Å²) in [4.78, 5) is 31.0. The molecule has 0 radical (unpaired) electrons. The minimum Gasteiger partial charge on any atom is -0.459 e. The maximum absolute atomic E-state index is 11.0. The fraction of sp³-hybridized carbons (Fsp3) is 0.625. The van der Waals surface area contributed by atoms with Crippen LogP contribution in [0.2, 0.25) is 0 Å². The molecule has 0 aromatic heterocycles. The zero-order valence-corrected chi connectivity index (χ0v) is 8.10. The van der Waals surface area contributed by atoms with Crippen LogP contribution >= 0.6 is 0 Å². The van der Waals surface area contributed by atoms with E-state index in [0.29, 0.717) is 0 Å². The first kappa shape index (κ1) is 12.4. The summed E-state index contributed by atoms with van der Waals surface area (Å²) in [6.45, 7) is 6.43. The summed E-state index contributed by atoms with van der Waals surface area (Å²) in [5.74, 6) is -0.562. The van der Waals surface area contributed by atoms with Crippen LogP contribution in [0.4, 0.5) is 0 Å². The van der Waals surface area contributed by atoms with Gasteiger partial charge in [-0.05, 0) is 24.2 Å². The van der Waals surface area contributed by atoms with Crippen molar-refractivity contribution in [2.24, 2.45) is 10.4 Å². The second-order valence-electron chi connectivity index (χ2n) is 2.92. The molecule has 0 amide bonds. The number of esters is 1. The average Bonchev–Trinajstić information content (AvgIpc) is 2.13. The molecule has 78 valence electrons. The number of hydrogen-bond acceptors (Lipinski definition) is 6. The quantitative estimate of drug-likeness (QED) is 0.371. The van der Waals surface area contributed by atoms with E-state index < -0.39 is 18.2 Å². The van der Waals surface area contributed by atoms with Gasteiger partial charge < -0.3 is 4.74 Å². The maximum Gasteiger partial charge on any atom is 0.333 e. The van der Waals surface area contributed by atoms with Crippen LogP contribution in [-0.4, -0.2) is 18.2 Å². The summed E-state index contributed by atoms with van der Waals surface area (Å²) < 4.78 is 4.81. The monoisotopic (exact) mass is 200 g/mol. The molecule has 6 nitrogen and oxygen atoms in total. The number of hydrogen-bond donors (Lipinski definition) is 0. The van der Waals surface area contributed by atoms with Crippen molar-refractivity contribution in [3.05, 3.63) is 22.0 Å². The van der Waals surface area contributed by atoms with Gasteiger partial charge in [-0.1, -0.05) is 6.58 Å². The van der Waals surface area contributed by atoms with E-state index in [4.69, 9.17) is 4.74 Å². The van der Waals surface area contributed by atoms with E-state index in [1.807, 2.05) is 0 Å². The van der Waals surface area contributed by atoms with Gasteiger partial charge in [-0.15, -0.1) is 9.81 Å². The molecule has 0 saturated heterocycles. The Labute approximate surface area is 81.3 Å². The second-order valence-corrected chi connectivity index (χ2v) is 2.92. The van der Waals surface area contributed by atoms with E-state index in [9.17, 15) is 14.6 Å². The number of carbonyl (C=O) groups excluding carboxylic acids is 1. The lowest BCUT2D eigenvalue weighted by molar-refractivity contribution is -0.143. The molecule has 0 aliphatic rings. The van der Waals surface area contributed by atoms with Gasteiger partial charge in [-0.2, -0.15) is 0 Å². The average molecular weight is 200 g/mol. The second kappa shape index (κ2) is 5.95. The molecule has 14 heavy (non-hydrogen) atoms. The van der Waals surface area contributed by atoms with Crippen molar-refractivity contribution < 1.29 is 9.53 Å². The fourth-order valence-corrected chi connectivity index (χ4v) is 0.734. The molecule has 0 saturated carbocycles. The Morgan fingerprint density at radius 3 is 2.29 bits per heavy atom. The third-order valence-electron chi connectivity index (χ3n) is 1.44. The van der Waals surface area contributed by atoms with Crippen molar-refractivity contribution in [2.45, 2.75) is 32.5 Å². The summed E-state index contributed by atoms with van der Waals surface area (Å²) in [5, 5.41) is 4.91. The zero-order valence-electron chi connectivity index (χ0n) is 8.10. The number of rotatable bonds is 6. The summed E-state index contributed by atoms with van der Waals surface area (Å²) in [5.41, 5.74) is 0.256. The van der Waals surface area contributed by atoms with Gasteiger partial charge in [0, 0.05) is 12.0 Å². The smallest absolute Gasteiger partial charge is 0.333 e. The van der Waals surface area contributed by atoms with E-state index in [2.05, 4.69) is 16.9 Å². The molecule has 1 unspecified atom stereocenters. The molecular formula is C8H12N2O4. The van der Waals surface area contributed by atoms with Crippen molar-refractivity contribution >= 4 is 5.97 Å². The van der Waals surface area contributed by atoms with Gasteiger partial charge in [0.15, 0.2) is 0 Å². The fourth-order valence-electron chi connectivity index (χ4n) is 0.734. The highest BCUT2D eigenvalue weighted by Gasteiger charge is 2.17. The molecule has 0 aromatic rings. The number of carbonyl (C=O) groups is 1. The van der Waals surface area contributed by atoms with Crippen LogP contribution in [0.3, 0.4) is 0 Å². The largest absolute Gasteiger partial charge is 0.459 e. The minimum atomic E-state index is -1.21. The Morgan fingerprint density at radius 2 is 1.93 bits per heavy atom. The molecule has 6 heteroatoms. The zero-order chi connectivity index (χ0) is 11.1. The first-order chi connectivity index (χ1) is 6.51. The van der Waals surface area contributed by atoms with Crippen LogP contribution in [0.1, 0.15) is 20.3 Å². The highest BCUT2D eigenvalue weighted by molar-refractivity contribution is 5.87. The number of nitroso groups, excluding NO2 is 2. The van der Waals surface area contributed by atoms with Crippen molar-refractivity contribution in [1.29, 1.82) is 0 Å². The van der Waals surface area contributed by atoms with E-state index in [1.54, 1.807) is 6.92 Å². The molecule has 0 aliphatic heterocycles. The topological polar surface area (TPSA) is 85.2 Å². The van der Waals surface area contributed by atoms with Crippen molar-refractivity contribution in [3.8, 4) is 0 Å². The van der Waals surface area contributed by atoms with Crippen LogP contribution < -0.4 is 0 Å². The lowest BCUT2D eigenvalue weighted by atomic mass is 10.2. The highest BCUT2D eigenvalue weighted by atomic mass is 16.5. The summed E-state index contributed by atoms with van der Waals surface area (Å²) in [7, 11) is 0. The first-order valence-electron chi connectivity index (χ1n) is 4.02. The van der Waals surface area contributed by atoms with Gasteiger partial charge in [0.1, 0.15) is 6.10 Å². The van der Waals surface area contributed by atoms with Crippen LogP contribution in [0.15, 0.2) is 22.5 Å². The number of ether oxygens (including phenoxy) is 1. The molecule has 0 N–H and O–H groups in total. The molecule has 1 atom stereocenters. The van der Waals surface area contributed by atoms with Crippen molar-refractivity contribution in [1.82, 2.24) is 0 Å². The predicted octanol–water partition coefficient (Wildman–Crippen LogP) is 1.74. The van der Waals surface area contributed by atoms with Crippen LogP contribution in [0, 0.1) is 9.81 Å². The Hall–Kier alpha value is -1.59. The summed E-state index contributed by atoms with van der Waals surface area (Å²) in [6, 6.07) is 0. The lowest BCUT2D eigenvalue weighted by Crippen LogP contribution is -2.19. The Bertz CT molecular complexity index is 244. The lowest BCUT2D eigenvalue weighted by Gasteiger charge is -2.12. The van der Waals surface area contributed by atoms with Gasteiger partial charge in [0.05, 0.1) is 0 Å². The van der Waals surface area contributed by atoms with E-state index in [1.165, 1.54) is 6.92 Å². The van der Waals surface area contributed by atoms with Crippen LogP contribution in [0.25, 0.3) is 0 Å². The third-order valence-corrected chi connectivity index (χ3v) is 1.44. The van der Waals surface area contributed by atoms with Gasteiger partial charge in [0.25, 0.3) is 0 Å². The molecule has 0 spiro atoms. The molecule has 0 heterocycles. The predicted molar refractivity (Wildman–Crippen MR) is 50.4 cm³/mol. The number of nitrogens with zero attached hydrogens (tertiary/aromatic N) is 2. The molecule has 0 aromatic carbocycles.